The number of rotatable bonds is 3. The van der Waals surface area contributed by atoms with E-state index in [0.29, 0.717) is 10.6 Å². The molecule has 0 aliphatic heterocycles. The average Bonchev–Trinajstić information content (AvgIpc) is 2.91. The van der Waals surface area contributed by atoms with E-state index in [1.54, 1.807) is 29.7 Å². The molecule has 21 heavy (non-hydrogen) atoms. The summed E-state index contributed by atoms with van der Waals surface area (Å²) in [7, 11) is 0. The van der Waals surface area contributed by atoms with Gasteiger partial charge in [-0.1, -0.05) is 41.9 Å². The van der Waals surface area contributed by atoms with Crippen molar-refractivity contribution >= 4 is 45.1 Å². The van der Waals surface area contributed by atoms with Crippen molar-refractivity contribution < 1.29 is 4.79 Å². The maximum atomic E-state index is 12.1. The van der Waals surface area contributed by atoms with Crippen LogP contribution in [-0.2, 0) is 0 Å². The predicted octanol–water partition coefficient (Wildman–Crippen LogP) is 4.32. The molecule has 1 heterocycles. The van der Waals surface area contributed by atoms with E-state index in [1.165, 1.54) is 0 Å². The Hall–Kier alpha value is -2.17. The SMILES string of the molecule is O=C(NN=Cc1cccc(Cl)c1)c1csc2ccccc12. The minimum absolute atomic E-state index is 0.217. The van der Waals surface area contributed by atoms with E-state index in [9.17, 15) is 4.79 Å². The van der Waals surface area contributed by atoms with Crippen LogP contribution in [0, 0.1) is 0 Å². The zero-order valence-corrected chi connectivity index (χ0v) is 12.5. The molecule has 0 aliphatic rings. The zero-order valence-electron chi connectivity index (χ0n) is 10.9. The van der Waals surface area contributed by atoms with Crippen LogP contribution in [0.5, 0.6) is 0 Å². The van der Waals surface area contributed by atoms with Crippen LogP contribution in [0.1, 0.15) is 15.9 Å². The van der Waals surface area contributed by atoms with Gasteiger partial charge < -0.3 is 0 Å². The van der Waals surface area contributed by atoms with Crippen LogP contribution in [0.2, 0.25) is 5.02 Å². The van der Waals surface area contributed by atoms with Gasteiger partial charge in [0.05, 0.1) is 11.8 Å². The summed E-state index contributed by atoms with van der Waals surface area (Å²) in [5, 5.41) is 7.39. The van der Waals surface area contributed by atoms with Crippen molar-refractivity contribution in [3.05, 3.63) is 70.1 Å². The fraction of sp³-hybridized carbons (Fsp3) is 0. The Balaban J connectivity index is 1.75. The minimum Gasteiger partial charge on any atom is -0.267 e. The standard InChI is InChI=1S/C16H11ClN2OS/c17-12-5-3-4-11(8-12)9-18-19-16(20)14-10-21-15-7-2-1-6-13(14)15/h1-10H,(H,19,20). The molecular weight excluding hydrogens is 304 g/mol. The van der Waals surface area contributed by atoms with Crippen molar-refractivity contribution in [3.8, 4) is 0 Å². The normalized spacial score (nSPS) is 11.1. The summed E-state index contributed by atoms with van der Waals surface area (Å²) in [6.07, 6.45) is 1.57. The number of hydrogen-bond acceptors (Lipinski definition) is 3. The number of carbonyl (C=O) groups is 1. The van der Waals surface area contributed by atoms with Crippen LogP contribution >= 0.6 is 22.9 Å². The van der Waals surface area contributed by atoms with Crippen molar-refractivity contribution in [1.29, 1.82) is 0 Å². The van der Waals surface area contributed by atoms with E-state index < -0.39 is 0 Å². The Labute approximate surface area is 130 Å². The van der Waals surface area contributed by atoms with E-state index in [-0.39, 0.29) is 5.91 Å². The van der Waals surface area contributed by atoms with Gasteiger partial charge in [-0.3, -0.25) is 4.79 Å². The summed E-state index contributed by atoms with van der Waals surface area (Å²) < 4.78 is 1.08. The highest BCUT2D eigenvalue weighted by molar-refractivity contribution is 7.17. The molecule has 104 valence electrons. The van der Waals surface area contributed by atoms with Gasteiger partial charge in [0.2, 0.25) is 0 Å². The molecule has 0 saturated carbocycles. The molecule has 0 radical (unpaired) electrons. The third-order valence-corrected chi connectivity index (χ3v) is 4.15. The van der Waals surface area contributed by atoms with Crippen molar-refractivity contribution in [2.24, 2.45) is 5.10 Å². The number of hydrazone groups is 1. The second kappa shape index (κ2) is 6.08. The number of carbonyl (C=O) groups excluding carboxylic acids is 1. The number of nitrogens with one attached hydrogen (secondary N) is 1. The lowest BCUT2D eigenvalue weighted by Gasteiger charge is -1.98. The lowest BCUT2D eigenvalue weighted by Crippen LogP contribution is -2.17. The van der Waals surface area contributed by atoms with Gasteiger partial charge in [-0.25, -0.2) is 5.43 Å². The van der Waals surface area contributed by atoms with Gasteiger partial charge in [0.25, 0.3) is 5.91 Å². The Kier molecular flexibility index (Phi) is 3.99. The van der Waals surface area contributed by atoms with Gasteiger partial charge in [-0.05, 0) is 23.8 Å². The summed E-state index contributed by atoms with van der Waals surface area (Å²) in [6.45, 7) is 0. The first-order chi connectivity index (χ1) is 10.2. The van der Waals surface area contributed by atoms with Crippen LogP contribution in [0.25, 0.3) is 10.1 Å². The van der Waals surface area contributed by atoms with Gasteiger partial charge in [0.1, 0.15) is 0 Å². The third-order valence-electron chi connectivity index (χ3n) is 2.95. The number of halogens is 1. The summed E-state index contributed by atoms with van der Waals surface area (Å²) >= 11 is 7.43. The highest BCUT2D eigenvalue weighted by Crippen LogP contribution is 2.25. The molecule has 1 aromatic heterocycles. The highest BCUT2D eigenvalue weighted by atomic mass is 35.5. The van der Waals surface area contributed by atoms with Gasteiger partial charge >= 0.3 is 0 Å². The lowest BCUT2D eigenvalue weighted by atomic mass is 10.2. The largest absolute Gasteiger partial charge is 0.272 e. The van der Waals surface area contributed by atoms with Crippen LogP contribution < -0.4 is 5.43 Å². The predicted molar refractivity (Wildman–Crippen MR) is 88.3 cm³/mol. The topological polar surface area (TPSA) is 41.5 Å². The molecule has 0 spiro atoms. The fourth-order valence-corrected chi connectivity index (χ4v) is 3.11. The molecule has 0 saturated heterocycles. The van der Waals surface area contributed by atoms with Crippen LogP contribution in [-0.4, -0.2) is 12.1 Å². The van der Waals surface area contributed by atoms with Crippen molar-refractivity contribution in [3.63, 3.8) is 0 Å². The second-order valence-corrected chi connectivity index (χ2v) is 5.75. The van der Waals surface area contributed by atoms with Gasteiger partial charge in [0, 0.05) is 20.5 Å². The molecule has 0 aliphatic carbocycles. The highest BCUT2D eigenvalue weighted by Gasteiger charge is 2.10. The molecule has 0 unspecified atom stereocenters. The van der Waals surface area contributed by atoms with Crippen LogP contribution in [0.4, 0.5) is 0 Å². The maximum Gasteiger partial charge on any atom is 0.272 e. The third kappa shape index (κ3) is 3.12. The molecule has 5 heteroatoms. The molecule has 3 nitrogen and oxygen atoms in total. The summed E-state index contributed by atoms with van der Waals surface area (Å²) in [4.78, 5) is 12.1. The monoisotopic (exact) mass is 314 g/mol. The van der Waals surface area contributed by atoms with Gasteiger partial charge in [-0.15, -0.1) is 11.3 Å². The number of hydrogen-bond donors (Lipinski definition) is 1. The van der Waals surface area contributed by atoms with E-state index in [2.05, 4.69) is 10.5 Å². The Morgan fingerprint density at radius 3 is 2.90 bits per heavy atom. The number of thiophene rings is 1. The van der Waals surface area contributed by atoms with Crippen LogP contribution in [0.15, 0.2) is 59.0 Å². The molecule has 0 fully saturated rings. The van der Waals surface area contributed by atoms with E-state index in [0.717, 1.165) is 15.6 Å². The van der Waals surface area contributed by atoms with E-state index >= 15 is 0 Å². The Morgan fingerprint density at radius 1 is 1.19 bits per heavy atom. The summed E-state index contributed by atoms with van der Waals surface area (Å²) in [6, 6.07) is 15.1. The lowest BCUT2D eigenvalue weighted by molar-refractivity contribution is 0.0957. The quantitative estimate of drug-likeness (QED) is 0.568. The maximum absolute atomic E-state index is 12.1. The van der Waals surface area contributed by atoms with Gasteiger partial charge in [0.15, 0.2) is 0 Å². The first kappa shape index (κ1) is 13.8. The summed E-state index contributed by atoms with van der Waals surface area (Å²) in [5.74, 6) is -0.217. The molecule has 0 atom stereocenters. The number of benzene rings is 2. The zero-order chi connectivity index (χ0) is 14.7. The molecule has 2 aromatic carbocycles. The number of fused-ring (bicyclic) bond motifs is 1. The van der Waals surface area contributed by atoms with Crippen molar-refractivity contribution in [1.82, 2.24) is 5.43 Å². The summed E-state index contributed by atoms with van der Waals surface area (Å²) in [5.41, 5.74) is 4.01. The number of nitrogens with zero attached hydrogens (tertiary/aromatic N) is 1. The molecule has 1 N–H and O–H groups in total. The van der Waals surface area contributed by atoms with E-state index in [1.807, 2.05) is 41.8 Å². The second-order valence-electron chi connectivity index (χ2n) is 4.40. The smallest absolute Gasteiger partial charge is 0.267 e. The molecular formula is C16H11ClN2OS. The van der Waals surface area contributed by atoms with Crippen molar-refractivity contribution in [2.75, 3.05) is 0 Å². The Morgan fingerprint density at radius 2 is 2.05 bits per heavy atom. The van der Waals surface area contributed by atoms with Crippen LogP contribution in [0.3, 0.4) is 0 Å². The van der Waals surface area contributed by atoms with Crippen molar-refractivity contribution in [2.45, 2.75) is 0 Å². The molecule has 3 aromatic rings. The van der Waals surface area contributed by atoms with E-state index in [4.69, 9.17) is 11.6 Å². The fourth-order valence-electron chi connectivity index (χ4n) is 1.97. The first-order valence-corrected chi connectivity index (χ1v) is 7.55. The minimum atomic E-state index is -0.217. The first-order valence-electron chi connectivity index (χ1n) is 6.29. The molecule has 3 rings (SSSR count). The van der Waals surface area contributed by atoms with Gasteiger partial charge in [-0.2, -0.15) is 5.10 Å². The average molecular weight is 315 g/mol. The molecule has 0 bridgehead atoms. The Bertz CT molecular complexity index is 826. The molecule has 1 amide bonds. The number of amides is 1.